The molecule has 0 saturated heterocycles. The Hall–Kier alpha value is -2.84. The third-order valence-corrected chi connectivity index (χ3v) is 3.57. The molecule has 3 rings (SSSR count). The summed E-state index contributed by atoms with van der Waals surface area (Å²) in [4.78, 5) is 0. The molecule has 6 heteroatoms. The largest absolute Gasteiger partial charge is 0.491 e. The molecule has 0 spiro atoms. The highest BCUT2D eigenvalue weighted by Crippen LogP contribution is 2.41. The van der Waals surface area contributed by atoms with Crippen LogP contribution in [-0.2, 0) is 11.2 Å². The molecule has 122 valence electrons. The standard InChI is InChI=1S/C18H14ClNO4/c1-3-21-11(2)18-17(15-6-7-16(19)24-15)13(10-22-18)14-5-4-12(23-14)8-9-20/h4-7,10H,2-3,8H2,1H3. The van der Waals surface area contributed by atoms with Crippen LogP contribution in [0.15, 0.2) is 50.4 Å². The maximum atomic E-state index is 8.78. The number of furan rings is 3. The first-order chi connectivity index (χ1) is 11.6. The molecule has 0 amide bonds. The molecular weight excluding hydrogens is 330 g/mol. The molecule has 0 aliphatic rings. The van der Waals surface area contributed by atoms with Crippen LogP contribution in [0.1, 0.15) is 18.4 Å². The Bertz CT molecular complexity index is 910. The molecule has 3 aromatic heterocycles. The van der Waals surface area contributed by atoms with Crippen LogP contribution >= 0.6 is 11.6 Å². The second-order valence-corrected chi connectivity index (χ2v) is 5.29. The fourth-order valence-electron chi connectivity index (χ4n) is 2.37. The van der Waals surface area contributed by atoms with Crippen molar-refractivity contribution in [2.45, 2.75) is 13.3 Å². The Labute approximate surface area is 143 Å². The van der Waals surface area contributed by atoms with Gasteiger partial charge in [-0.2, -0.15) is 5.26 Å². The van der Waals surface area contributed by atoms with Gasteiger partial charge in [-0.3, -0.25) is 0 Å². The summed E-state index contributed by atoms with van der Waals surface area (Å²) in [6.07, 6.45) is 1.73. The van der Waals surface area contributed by atoms with Crippen LogP contribution in [0.25, 0.3) is 28.4 Å². The van der Waals surface area contributed by atoms with E-state index in [4.69, 9.17) is 34.9 Å². The van der Waals surface area contributed by atoms with Gasteiger partial charge in [-0.15, -0.1) is 0 Å². The summed E-state index contributed by atoms with van der Waals surface area (Å²) in [5.74, 6) is 2.47. The Balaban J connectivity index is 2.12. The van der Waals surface area contributed by atoms with E-state index in [9.17, 15) is 0 Å². The van der Waals surface area contributed by atoms with Crippen molar-refractivity contribution < 1.29 is 18.0 Å². The van der Waals surface area contributed by atoms with Crippen molar-refractivity contribution in [3.05, 3.63) is 53.8 Å². The van der Waals surface area contributed by atoms with Crippen molar-refractivity contribution in [3.63, 3.8) is 0 Å². The Kier molecular flexibility index (Phi) is 4.50. The van der Waals surface area contributed by atoms with Gasteiger partial charge in [-0.1, -0.05) is 6.58 Å². The first kappa shape index (κ1) is 16.0. The molecule has 0 saturated carbocycles. The van der Waals surface area contributed by atoms with Crippen molar-refractivity contribution in [3.8, 4) is 28.7 Å². The third kappa shape index (κ3) is 2.97. The predicted molar refractivity (Wildman–Crippen MR) is 89.1 cm³/mol. The average molecular weight is 344 g/mol. The lowest BCUT2D eigenvalue weighted by atomic mass is 10.1. The molecule has 5 nitrogen and oxygen atoms in total. The van der Waals surface area contributed by atoms with E-state index in [1.807, 2.05) is 6.92 Å². The fourth-order valence-corrected chi connectivity index (χ4v) is 2.52. The van der Waals surface area contributed by atoms with Crippen molar-refractivity contribution in [1.29, 1.82) is 5.26 Å². The molecule has 0 aliphatic carbocycles. The summed E-state index contributed by atoms with van der Waals surface area (Å²) in [7, 11) is 0. The van der Waals surface area contributed by atoms with Crippen molar-refractivity contribution in [2.24, 2.45) is 0 Å². The molecule has 0 bridgehead atoms. The lowest BCUT2D eigenvalue weighted by Crippen LogP contribution is -1.90. The smallest absolute Gasteiger partial charge is 0.193 e. The molecule has 0 aromatic carbocycles. The van der Waals surface area contributed by atoms with Gasteiger partial charge in [-0.05, 0) is 42.8 Å². The van der Waals surface area contributed by atoms with E-state index in [1.165, 1.54) is 0 Å². The molecule has 0 fully saturated rings. The second kappa shape index (κ2) is 6.73. The normalized spacial score (nSPS) is 10.5. The van der Waals surface area contributed by atoms with Gasteiger partial charge < -0.3 is 18.0 Å². The highest BCUT2D eigenvalue weighted by Gasteiger charge is 2.24. The summed E-state index contributed by atoms with van der Waals surface area (Å²) in [5.41, 5.74) is 1.30. The van der Waals surface area contributed by atoms with E-state index in [1.54, 1.807) is 30.5 Å². The summed E-state index contributed by atoms with van der Waals surface area (Å²) in [6.45, 7) is 6.20. The minimum atomic E-state index is 0.193. The maximum Gasteiger partial charge on any atom is 0.193 e. The number of halogens is 1. The van der Waals surface area contributed by atoms with E-state index < -0.39 is 0 Å². The van der Waals surface area contributed by atoms with Crippen LogP contribution in [0.4, 0.5) is 0 Å². The fraction of sp³-hybridized carbons (Fsp3) is 0.167. The monoisotopic (exact) mass is 343 g/mol. The van der Waals surface area contributed by atoms with Gasteiger partial charge >= 0.3 is 0 Å². The van der Waals surface area contributed by atoms with Gasteiger partial charge in [0.1, 0.15) is 23.5 Å². The van der Waals surface area contributed by atoms with Crippen LogP contribution in [0.3, 0.4) is 0 Å². The molecule has 0 aliphatic heterocycles. The van der Waals surface area contributed by atoms with E-state index >= 15 is 0 Å². The molecule has 0 N–H and O–H groups in total. The van der Waals surface area contributed by atoms with Gasteiger partial charge in [0.15, 0.2) is 16.7 Å². The number of nitrogens with zero attached hydrogens (tertiary/aromatic N) is 1. The van der Waals surface area contributed by atoms with Crippen LogP contribution in [0.2, 0.25) is 5.22 Å². The van der Waals surface area contributed by atoms with Gasteiger partial charge in [0.05, 0.1) is 30.2 Å². The minimum Gasteiger partial charge on any atom is -0.491 e. The summed E-state index contributed by atoms with van der Waals surface area (Å²) < 4.78 is 22.3. The number of rotatable bonds is 6. The van der Waals surface area contributed by atoms with Gasteiger partial charge in [0.2, 0.25) is 0 Å². The Morgan fingerprint density at radius 1 is 1.25 bits per heavy atom. The Morgan fingerprint density at radius 3 is 2.71 bits per heavy atom. The highest BCUT2D eigenvalue weighted by molar-refractivity contribution is 6.29. The summed E-state index contributed by atoms with van der Waals surface area (Å²) in [6, 6.07) is 8.96. The number of ether oxygens (including phenoxy) is 1. The number of hydrogen-bond acceptors (Lipinski definition) is 5. The molecule has 0 unspecified atom stereocenters. The molecule has 0 radical (unpaired) electrons. The van der Waals surface area contributed by atoms with E-state index in [-0.39, 0.29) is 11.6 Å². The van der Waals surface area contributed by atoms with Gasteiger partial charge in [0.25, 0.3) is 0 Å². The van der Waals surface area contributed by atoms with Crippen LogP contribution in [-0.4, -0.2) is 6.61 Å². The van der Waals surface area contributed by atoms with E-state index in [0.717, 1.165) is 0 Å². The zero-order chi connectivity index (χ0) is 17.1. The lowest BCUT2D eigenvalue weighted by molar-refractivity contribution is 0.288. The maximum absolute atomic E-state index is 8.78. The first-order valence-electron chi connectivity index (χ1n) is 7.29. The first-order valence-corrected chi connectivity index (χ1v) is 7.67. The summed E-state index contributed by atoms with van der Waals surface area (Å²) >= 11 is 5.90. The molecule has 24 heavy (non-hydrogen) atoms. The van der Waals surface area contributed by atoms with Crippen LogP contribution in [0.5, 0.6) is 0 Å². The van der Waals surface area contributed by atoms with Gasteiger partial charge in [-0.25, -0.2) is 0 Å². The van der Waals surface area contributed by atoms with Crippen molar-refractivity contribution in [2.75, 3.05) is 6.61 Å². The topological polar surface area (TPSA) is 72.4 Å². The van der Waals surface area contributed by atoms with Crippen LogP contribution in [0, 0.1) is 11.3 Å². The average Bonchev–Trinajstić information content (AvgIpc) is 3.26. The minimum absolute atomic E-state index is 0.193. The molecule has 3 heterocycles. The zero-order valence-electron chi connectivity index (χ0n) is 13.0. The number of hydrogen-bond donors (Lipinski definition) is 0. The quantitative estimate of drug-likeness (QED) is 0.550. The Morgan fingerprint density at radius 2 is 2.04 bits per heavy atom. The molecular formula is C18H14ClNO4. The second-order valence-electron chi connectivity index (χ2n) is 4.91. The highest BCUT2D eigenvalue weighted by atomic mass is 35.5. The van der Waals surface area contributed by atoms with Crippen molar-refractivity contribution >= 4 is 17.4 Å². The predicted octanol–water partition coefficient (Wildman–Crippen LogP) is 5.53. The van der Waals surface area contributed by atoms with E-state index in [0.29, 0.717) is 46.5 Å². The molecule has 0 atom stereocenters. The zero-order valence-corrected chi connectivity index (χ0v) is 13.7. The number of nitriles is 1. The van der Waals surface area contributed by atoms with Gasteiger partial charge in [0, 0.05) is 0 Å². The third-order valence-electron chi connectivity index (χ3n) is 3.36. The van der Waals surface area contributed by atoms with Crippen LogP contribution < -0.4 is 0 Å². The van der Waals surface area contributed by atoms with E-state index in [2.05, 4.69) is 12.6 Å². The SMILES string of the molecule is C=C(OCC)c1occ(-c2ccc(CC#N)o2)c1-c1ccc(Cl)o1. The summed E-state index contributed by atoms with van der Waals surface area (Å²) in [5, 5.41) is 9.04. The lowest BCUT2D eigenvalue weighted by Gasteiger charge is -2.06. The van der Waals surface area contributed by atoms with Crippen molar-refractivity contribution in [1.82, 2.24) is 0 Å². The molecule has 3 aromatic rings.